The minimum absolute atomic E-state index is 0.0346. The van der Waals surface area contributed by atoms with Crippen molar-refractivity contribution in [2.24, 2.45) is 0 Å². The maximum absolute atomic E-state index is 12.5. The molecule has 0 fully saturated rings. The lowest BCUT2D eigenvalue weighted by Crippen LogP contribution is -2.32. The van der Waals surface area contributed by atoms with E-state index in [1.165, 1.54) is 11.2 Å². The largest absolute Gasteiger partial charge is 0.361 e. The Morgan fingerprint density at radius 2 is 1.80 bits per heavy atom. The van der Waals surface area contributed by atoms with Gasteiger partial charge >= 0.3 is 0 Å². The Bertz CT molecular complexity index is 737. The fraction of sp³-hybridized carbons (Fsp3) is 0.389. The predicted octanol–water partition coefficient (Wildman–Crippen LogP) is 1.53. The normalized spacial score (nSPS) is 11.7. The molecule has 0 aliphatic heterocycles. The van der Waals surface area contributed by atoms with Crippen molar-refractivity contribution in [1.82, 2.24) is 19.8 Å². The molecule has 0 bridgehead atoms. The van der Waals surface area contributed by atoms with E-state index >= 15 is 0 Å². The molecule has 1 aromatic heterocycles. The summed E-state index contributed by atoms with van der Waals surface area (Å²) in [6.07, 6.45) is 1.53. The van der Waals surface area contributed by atoms with E-state index in [-0.39, 0.29) is 24.4 Å². The SMILES string of the molecule is CC(NC(=O)Cn1cnc(N(C)C)c1C(=O)N(C)C)c1ccccc1. The van der Waals surface area contributed by atoms with Crippen LogP contribution in [0, 0.1) is 0 Å². The summed E-state index contributed by atoms with van der Waals surface area (Å²) in [6.45, 7) is 1.96. The highest BCUT2D eigenvalue weighted by Crippen LogP contribution is 2.18. The summed E-state index contributed by atoms with van der Waals surface area (Å²) < 4.78 is 1.59. The van der Waals surface area contributed by atoms with Gasteiger partial charge in [-0.2, -0.15) is 0 Å². The lowest BCUT2D eigenvalue weighted by atomic mass is 10.1. The first-order chi connectivity index (χ1) is 11.8. The predicted molar refractivity (Wildman–Crippen MR) is 97.6 cm³/mol. The maximum atomic E-state index is 12.5. The van der Waals surface area contributed by atoms with Gasteiger partial charge in [0.25, 0.3) is 5.91 Å². The molecule has 134 valence electrons. The molecule has 0 aliphatic carbocycles. The zero-order valence-electron chi connectivity index (χ0n) is 15.4. The average molecular weight is 343 g/mol. The van der Waals surface area contributed by atoms with Gasteiger partial charge in [0.15, 0.2) is 11.5 Å². The molecular weight excluding hydrogens is 318 g/mol. The molecule has 1 unspecified atom stereocenters. The number of hydrogen-bond donors (Lipinski definition) is 1. The zero-order chi connectivity index (χ0) is 18.6. The molecule has 1 atom stereocenters. The fourth-order valence-corrected chi connectivity index (χ4v) is 2.52. The van der Waals surface area contributed by atoms with Gasteiger partial charge in [-0.05, 0) is 12.5 Å². The number of carbonyl (C=O) groups excluding carboxylic acids is 2. The monoisotopic (exact) mass is 343 g/mol. The Morgan fingerprint density at radius 3 is 2.36 bits per heavy atom. The van der Waals surface area contributed by atoms with Gasteiger partial charge in [0, 0.05) is 28.2 Å². The van der Waals surface area contributed by atoms with Crippen LogP contribution in [-0.4, -0.2) is 54.5 Å². The van der Waals surface area contributed by atoms with Crippen molar-refractivity contribution in [3.8, 4) is 0 Å². The van der Waals surface area contributed by atoms with Crippen LogP contribution in [0.2, 0.25) is 0 Å². The molecule has 0 saturated carbocycles. The molecule has 1 N–H and O–H groups in total. The summed E-state index contributed by atoms with van der Waals surface area (Å²) >= 11 is 0. The Kier molecular flexibility index (Phi) is 5.80. The third-order valence-corrected chi connectivity index (χ3v) is 3.84. The van der Waals surface area contributed by atoms with Gasteiger partial charge in [-0.3, -0.25) is 9.59 Å². The van der Waals surface area contributed by atoms with Crippen molar-refractivity contribution in [2.45, 2.75) is 19.5 Å². The summed E-state index contributed by atoms with van der Waals surface area (Å²) in [7, 11) is 6.99. The fourth-order valence-electron chi connectivity index (χ4n) is 2.52. The molecule has 1 heterocycles. The van der Waals surface area contributed by atoms with Crippen molar-refractivity contribution < 1.29 is 9.59 Å². The first-order valence-electron chi connectivity index (χ1n) is 8.09. The topological polar surface area (TPSA) is 70.5 Å². The number of anilines is 1. The molecule has 2 aromatic rings. The molecule has 2 amide bonds. The van der Waals surface area contributed by atoms with E-state index in [4.69, 9.17) is 0 Å². The van der Waals surface area contributed by atoms with Crippen LogP contribution >= 0.6 is 0 Å². The molecule has 7 nitrogen and oxygen atoms in total. The Morgan fingerprint density at radius 1 is 1.16 bits per heavy atom. The average Bonchev–Trinajstić information content (AvgIpc) is 2.98. The highest BCUT2D eigenvalue weighted by molar-refractivity contribution is 5.97. The van der Waals surface area contributed by atoms with Crippen LogP contribution in [0.3, 0.4) is 0 Å². The van der Waals surface area contributed by atoms with Gasteiger partial charge in [-0.1, -0.05) is 30.3 Å². The van der Waals surface area contributed by atoms with Gasteiger partial charge in [-0.15, -0.1) is 0 Å². The van der Waals surface area contributed by atoms with E-state index in [0.717, 1.165) is 5.56 Å². The van der Waals surface area contributed by atoms with Crippen molar-refractivity contribution in [1.29, 1.82) is 0 Å². The minimum Gasteiger partial charge on any atom is -0.361 e. The molecule has 2 rings (SSSR count). The van der Waals surface area contributed by atoms with Crippen molar-refractivity contribution in [2.75, 3.05) is 33.1 Å². The maximum Gasteiger partial charge on any atom is 0.273 e. The summed E-state index contributed by atoms with van der Waals surface area (Å²) in [5, 5.41) is 2.95. The van der Waals surface area contributed by atoms with E-state index in [1.807, 2.05) is 51.4 Å². The zero-order valence-corrected chi connectivity index (χ0v) is 15.4. The Hall–Kier alpha value is -2.83. The lowest BCUT2D eigenvalue weighted by molar-refractivity contribution is -0.122. The second-order valence-electron chi connectivity index (χ2n) is 6.34. The first kappa shape index (κ1) is 18.5. The summed E-state index contributed by atoms with van der Waals surface area (Å²) in [5.74, 6) is 0.180. The van der Waals surface area contributed by atoms with Gasteiger partial charge in [0.05, 0.1) is 12.4 Å². The van der Waals surface area contributed by atoms with Crippen LogP contribution < -0.4 is 10.2 Å². The Balaban J connectivity index is 2.16. The van der Waals surface area contributed by atoms with Crippen LogP contribution in [0.25, 0.3) is 0 Å². The number of nitrogens with zero attached hydrogens (tertiary/aromatic N) is 4. The van der Waals surface area contributed by atoms with Crippen LogP contribution in [0.1, 0.15) is 29.0 Å². The number of benzene rings is 1. The van der Waals surface area contributed by atoms with Gasteiger partial charge in [0.1, 0.15) is 6.54 Å². The number of aromatic nitrogens is 2. The van der Waals surface area contributed by atoms with Crippen LogP contribution in [0.4, 0.5) is 5.82 Å². The van der Waals surface area contributed by atoms with E-state index in [9.17, 15) is 9.59 Å². The van der Waals surface area contributed by atoms with E-state index in [0.29, 0.717) is 11.5 Å². The highest BCUT2D eigenvalue weighted by Gasteiger charge is 2.23. The van der Waals surface area contributed by atoms with E-state index < -0.39 is 0 Å². The van der Waals surface area contributed by atoms with Crippen molar-refractivity contribution in [3.63, 3.8) is 0 Å². The van der Waals surface area contributed by atoms with Crippen molar-refractivity contribution in [3.05, 3.63) is 47.9 Å². The van der Waals surface area contributed by atoms with Crippen LogP contribution in [0.5, 0.6) is 0 Å². The number of nitrogens with one attached hydrogen (secondary N) is 1. The Labute approximate surface area is 148 Å². The third-order valence-electron chi connectivity index (χ3n) is 3.84. The summed E-state index contributed by atoms with van der Waals surface area (Å²) in [6, 6.07) is 9.63. The second-order valence-corrected chi connectivity index (χ2v) is 6.34. The number of amides is 2. The van der Waals surface area contributed by atoms with Gasteiger partial charge in [-0.25, -0.2) is 4.98 Å². The highest BCUT2D eigenvalue weighted by atomic mass is 16.2. The quantitative estimate of drug-likeness (QED) is 0.863. The molecule has 1 aromatic carbocycles. The molecule has 0 radical (unpaired) electrons. The van der Waals surface area contributed by atoms with Crippen LogP contribution in [-0.2, 0) is 11.3 Å². The van der Waals surface area contributed by atoms with Gasteiger partial charge < -0.3 is 19.7 Å². The molecule has 25 heavy (non-hydrogen) atoms. The van der Waals surface area contributed by atoms with Gasteiger partial charge in [0.2, 0.25) is 5.91 Å². The summed E-state index contributed by atoms with van der Waals surface area (Å²) in [5.41, 5.74) is 1.43. The number of carbonyl (C=O) groups is 2. The lowest BCUT2D eigenvalue weighted by Gasteiger charge is -2.18. The van der Waals surface area contributed by atoms with E-state index in [1.54, 1.807) is 23.6 Å². The smallest absolute Gasteiger partial charge is 0.273 e. The molecule has 0 spiro atoms. The molecule has 7 heteroatoms. The standard InChI is InChI=1S/C18H25N5O2/c1-13(14-9-7-6-8-10-14)20-15(24)11-23-12-19-17(21(2)3)16(23)18(25)22(4)5/h6-10,12-13H,11H2,1-5H3,(H,20,24). The number of rotatable bonds is 6. The molecule has 0 saturated heterocycles. The second kappa shape index (κ2) is 7.83. The number of hydrogen-bond acceptors (Lipinski definition) is 4. The van der Waals surface area contributed by atoms with Crippen LogP contribution in [0.15, 0.2) is 36.7 Å². The molecule has 0 aliphatic rings. The number of imidazole rings is 1. The summed E-state index contributed by atoms with van der Waals surface area (Å²) in [4.78, 5) is 32.4. The van der Waals surface area contributed by atoms with Crippen molar-refractivity contribution >= 4 is 17.6 Å². The minimum atomic E-state index is -0.190. The third kappa shape index (κ3) is 4.37. The molecular formula is C18H25N5O2. The first-order valence-corrected chi connectivity index (χ1v) is 8.09. The van der Waals surface area contributed by atoms with E-state index in [2.05, 4.69) is 10.3 Å².